The lowest BCUT2D eigenvalue weighted by atomic mass is 10.1. The van der Waals surface area contributed by atoms with Crippen molar-refractivity contribution >= 4 is 28.9 Å². The molecule has 0 bridgehead atoms. The molecule has 2 aromatic rings. The van der Waals surface area contributed by atoms with Gasteiger partial charge in [-0.25, -0.2) is 0 Å². The molecule has 0 aromatic heterocycles. The highest BCUT2D eigenvalue weighted by atomic mass is 16.2. The maximum Gasteiger partial charge on any atom is 0.258 e. The van der Waals surface area contributed by atoms with Crippen molar-refractivity contribution in [2.75, 3.05) is 23.0 Å². The third kappa shape index (κ3) is 3.39. The normalized spacial score (nSPS) is 10.0. The van der Waals surface area contributed by atoms with Crippen molar-refractivity contribution in [1.82, 2.24) is 0 Å². The summed E-state index contributed by atoms with van der Waals surface area (Å²) in [4.78, 5) is 24.9. The first-order valence-electron chi connectivity index (χ1n) is 6.49. The molecule has 2 aromatic carbocycles. The Hall–Kier alpha value is -2.82. The van der Waals surface area contributed by atoms with Gasteiger partial charge in [0.05, 0.1) is 11.4 Å². The molecule has 2 rings (SSSR count). The fourth-order valence-corrected chi connectivity index (χ4v) is 2.00. The van der Waals surface area contributed by atoms with Gasteiger partial charge in [-0.3, -0.25) is 9.59 Å². The van der Waals surface area contributed by atoms with Crippen LogP contribution in [0.4, 0.5) is 17.1 Å². The topological polar surface area (TPSA) is 75.4 Å². The van der Waals surface area contributed by atoms with Crippen molar-refractivity contribution in [2.24, 2.45) is 0 Å². The molecule has 5 heteroatoms. The van der Waals surface area contributed by atoms with Gasteiger partial charge in [0.1, 0.15) is 0 Å². The molecular formula is C16H17N3O2. The van der Waals surface area contributed by atoms with E-state index < -0.39 is 0 Å². The highest BCUT2D eigenvalue weighted by Crippen LogP contribution is 2.23. The lowest BCUT2D eigenvalue weighted by Crippen LogP contribution is -2.26. The minimum atomic E-state index is -0.165. The molecule has 0 aliphatic heterocycles. The van der Waals surface area contributed by atoms with E-state index in [1.165, 1.54) is 11.8 Å². The van der Waals surface area contributed by atoms with Gasteiger partial charge < -0.3 is 16.0 Å². The predicted molar refractivity (Wildman–Crippen MR) is 84.3 cm³/mol. The molecule has 0 unspecified atom stereocenters. The number of carbonyl (C=O) groups is 2. The van der Waals surface area contributed by atoms with Gasteiger partial charge in [0.25, 0.3) is 5.91 Å². The Bertz CT molecular complexity index is 665. The molecule has 0 atom stereocenters. The van der Waals surface area contributed by atoms with Crippen LogP contribution >= 0.6 is 0 Å². The summed E-state index contributed by atoms with van der Waals surface area (Å²) in [6, 6.07) is 13.9. The van der Waals surface area contributed by atoms with Crippen LogP contribution in [0.5, 0.6) is 0 Å². The lowest BCUT2D eigenvalue weighted by Gasteiger charge is -2.19. The molecule has 21 heavy (non-hydrogen) atoms. The largest absolute Gasteiger partial charge is 0.397 e. The number of para-hydroxylation sites is 2. The van der Waals surface area contributed by atoms with Gasteiger partial charge in [0.15, 0.2) is 0 Å². The number of nitrogens with zero attached hydrogens (tertiary/aromatic N) is 1. The third-order valence-corrected chi connectivity index (χ3v) is 3.05. The van der Waals surface area contributed by atoms with Crippen LogP contribution in [0.1, 0.15) is 17.3 Å². The second kappa shape index (κ2) is 6.09. The van der Waals surface area contributed by atoms with Gasteiger partial charge >= 0.3 is 0 Å². The third-order valence-electron chi connectivity index (χ3n) is 3.05. The van der Waals surface area contributed by atoms with Crippen molar-refractivity contribution < 1.29 is 9.59 Å². The van der Waals surface area contributed by atoms with Crippen LogP contribution in [0.15, 0.2) is 48.5 Å². The van der Waals surface area contributed by atoms with Crippen LogP contribution in [0.2, 0.25) is 0 Å². The van der Waals surface area contributed by atoms with E-state index in [4.69, 9.17) is 5.73 Å². The number of hydrogen-bond acceptors (Lipinski definition) is 3. The van der Waals surface area contributed by atoms with E-state index in [1.54, 1.807) is 43.4 Å². The maximum atomic E-state index is 12.4. The standard InChI is InChI=1S/C16H17N3O2/c1-11(20)18-13-9-7-12(8-10-13)16(21)19(2)15-6-4-3-5-14(15)17/h3-10H,17H2,1-2H3,(H,18,20). The number of rotatable bonds is 3. The summed E-state index contributed by atoms with van der Waals surface area (Å²) in [5, 5.41) is 2.66. The Morgan fingerprint density at radius 2 is 1.67 bits per heavy atom. The first-order valence-corrected chi connectivity index (χ1v) is 6.49. The van der Waals surface area contributed by atoms with Crippen molar-refractivity contribution in [3.63, 3.8) is 0 Å². The van der Waals surface area contributed by atoms with Crippen LogP contribution in [0.3, 0.4) is 0 Å². The number of benzene rings is 2. The highest BCUT2D eigenvalue weighted by molar-refractivity contribution is 6.07. The summed E-state index contributed by atoms with van der Waals surface area (Å²) in [7, 11) is 1.68. The summed E-state index contributed by atoms with van der Waals surface area (Å²) in [6.45, 7) is 1.44. The van der Waals surface area contributed by atoms with E-state index in [-0.39, 0.29) is 11.8 Å². The van der Waals surface area contributed by atoms with Crippen molar-refractivity contribution in [3.05, 3.63) is 54.1 Å². The molecule has 2 amide bonds. The van der Waals surface area contributed by atoms with E-state index in [0.29, 0.717) is 22.6 Å². The van der Waals surface area contributed by atoms with Crippen LogP contribution in [0, 0.1) is 0 Å². The summed E-state index contributed by atoms with van der Waals surface area (Å²) >= 11 is 0. The number of hydrogen-bond donors (Lipinski definition) is 2. The quantitative estimate of drug-likeness (QED) is 0.850. The molecule has 0 spiro atoms. The number of anilines is 3. The first-order chi connectivity index (χ1) is 9.99. The minimum absolute atomic E-state index is 0.150. The highest BCUT2D eigenvalue weighted by Gasteiger charge is 2.15. The zero-order valence-corrected chi connectivity index (χ0v) is 12.0. The number of nitrogens with one attached hydrogen (secondary N) is 1. The second-order valence-corrected chi connectivity index (χ2v) is 4.68. The summed E-state index contributed by atoms with van der Waals surface area (Å²) in [6.07, 6.45) is 0. The first kappa shape index (κ1) is 14.6. The second-order valence-electron chi connectivity index (χ2n) is 4.68. The Labute approximate surface area is 123 Å². The number of carbonyl (C=O) groups excluding carboxylic acids is 2. The minimum Gasteiger partial charge on any atom is -0.397 e. The molecule has 0 aliphatic carbocycles. The lowest BCUT2D eigenvalue weighted by molar-refractivity contribution is -0.114. The summed E-state index contributed by atoms with van der Waals surface area (Å²) < 4.78 is 0. The van der Waals surface area contributed by atoms with Gasteiger partial charge in [-0.2, -0.15) is 0 Å². The predicted octanol–water partition coefficient (Wildman–Crippen LogP) is 2.50. The van der Waals surface area contributed by atoms with Gasteiger partial charge in [-0.15, -0.1) is 0 Å². The van der Waals surface area contributed by atoms with E-state index >= 15 is 0 Å². The van der Waals surface area contributed by atoms with Crippen LogP contribution in [-0.4, -0.2) is 18.9 Å². The van der Waals surface area contributed by atoms with Gasteiger partial charge in [0, 0.05) is 25.2 Å². The molecule has 5 nitrogen and oxygen atoms in total. The van der Waals surface area contributed by atoms with Crippen LogP contribution in [0.25, 0.3) is 0 Å². The molecule has 108 valence electrons. The zero-order valence-electron chi connectivity index (χ0n) is 12.0. The monoisotopic (exact) mass is 283 g/mol. The molecule has 3 N–H and O–H groups in total. The van der Waals surface area contributed by atoms with E-state index in [2.05, 4.69) is 5.32 Å². The summed E-state index contributed by atoms with van der Waals surface area (Å²) in [5.74, 6) is -0.314. The Balaban J connectivity index is 2.20. The van der Waals surface area contributed by atoms with Crippen LogP contribution < -0.4 is 16.0 Å². The molecular weight excluding hydrogens is 266 g/mol. The number of nitrogen functional groups attached to an aromatic ring is 1. The fraction of sp³-hybridized carbons (Fsp3) is 0.125. The molecule has 0 aliphatic rings. The Kier molecular flexibility index (Phi) is 4.23. The van der Waals surface area contributed by atoms with Crippen molar-refractivity contribution in [2.45, 2.75) is 6.92 Å². The average molecular weight is 283 g/mol. The average Bonchev–Trinajstić information content (AvgIpc) is 2.46. The Morgan fingerprint density at radius 1 is 1.05 bits per heavy atom. The van der Waals surface area contributed by atoms with E-state index in [1.807, 2.05) is 12.1 Å². The molecule has 0 saturated heterocycles. The van der Waals surface area contributed by atoms with E-state index in [9.17, 15) is 9.59 Å². The van der Waals surface area contributed by atoms with Crippen molar-refractivity contribution in [3.8, 4) is 0 Å². The number of amides is 2. The molecule has 0 fully saturated rings. The maximum absolute atomic E-state index is 12.4. The summed E-state index contributed by atoms with van der Waals surface area (Å²) in [5.41, 5.74) is 8.26. The van der Waals surface area contributed by atoms with Crippen molar-refractivity contribution in [1.29, 1.82) is 0 Å². The molecule has 0 radical (unpaired) electrons. The smallest absolute Gasteiger partial charge is 0.258 e. The SMILES string of the molecule is CC(=O)Nc1ccc(C(=O)N(C)c2ccccc2N)cc1. The Morgan fingerprint density at radius 3 is 2.24 bits per heavy atom. The molecule has 0 heterocycles. The number of nitrogens with two attached hydrogens (primary N) is 1. The van der Waals surface area contributed by atoms with E-state index in [0.717, 1.165) is 0 Å². The van der Waals surface area contributed by atoms with Gasteiger partial charge in [0.2, 0.25) is 5.91 Å². The molecule has 0 saturated carbocycles. The van der Waals surface area contributed by atoms with Gasteiger partial charge in [-0.1, -0.05) is 12.1 Å². The van der Waals surface area contributed by atoms with Crippen LogP contribution in [-0.2, 0) is 4.79 Å². The zero-order chi connectivity index (χ0) is 15.4. The fourth-order valence-electron chi connectivity index (χ4n) is 2.00. The van der Waals surface area contributed by atoms with Gasteiger partial charge in [-0.05, 0) is 36.4 Å².